The molecule has 0 radical (unpaired) electrons. The third-order valence-corrected chi connectivity index (χ3v) is 4.88. The molecule has 0 unspecified atom stereocenters. The van der Waals surface area contributed by atoms with Gasteiger partial charge in [0.2, 0.25) is 0 Å². The van der Waals surface area contributed by atoms with Crippen molar-refractivity contribution in [3.63, 3.8) is 0 Å². The average molecular weight is 298 g/mol. The smallest absolute Gasteiger partial charge is 0.0982 e. The second-order valence-electron chi connectivity index (χ2n) is 6.46. The molecule has 0 aromatic carbocycles. The Morgan fingerprint density at radius 1 is 1.40 bits per heavy atom. The highest BCUT2D eigenvalue weighted by molar-refractivity contribution is 7.09. The summed E-state index contributed by atoms with van der Waals surface area (Å²) in [6.45, 7) is 10.3. The van der Waals surface area contributed by atoms with Crippen LogP contribution in [0.4, 0.5) is 0 Å². The fourth-order valence-corrected chi connectivity index (χ4v) is 3.31. The summed E-state index contributed by atoms with van der Waals surface area (Å²) < 4.78 is 5.59. The van der Waals surface area contributed by atoms with E-state index in [1.807, 2.05) is 0 Å². The van der Waals surface area contributed by atoms with Crippen LogP contribution in [0.2, 0.25) is 0 Å². The highest BCUT2D eigenvalue weighted by Crippen LogP contribution is 2.26. The number of rotatable bonds is 5. The third-order valence-electron chi connectivity index (χ3n) is 3.56. The monoisotopic (exact) mass is 298 g/mol. The summed E-state index contributed by atoms with van der Waals surface area (Å²) in [6, 6.07) is 0. The van der Waals surface area contributed by atoms with Crippen LogP contribution in [0.3, 0.4) is 0 Å². The quantitative estimate of drug-likeness (QED) is 0.907. The number of aromatic nitrogens is 1. The summed E-state index contributed by atoms with van der Waals surface area (Å²) in [5.74, 6) is 0. The molecular formula is C15H26N2O2S. The van der Waals surface area contributed by atoms with Gasteiger partial charge in [0.05, 0.1) is 30.0 Å². The number of likely N-dealkylation sites (tertiary alicyclic amines) is 1. The predicted molar refractivity (Wildman–Crippen MR) is 82.2 cm³/mol. The van der Waals surface area contributed by atoms with Crippen LogP contribution in [0.1, 0.15) is 44.3 Å². The van der Waals surface area contributed by atoms with Gasteiger partial charge in [0.15, 0.2) is 0 Å². The second-order valence-corrected chi connectivity index (χ2v) is 7.32. The SMILES string of the molecule is CC(C)(C)c1nc(CN2CCC(OCCO)CC2)cs1. The zero-order chi connectivity index (χ0) is 14.6. The zero-order valence-corrected chi connectivity index (χ0v) is 13.6. The maximum Gasteiger partial charge on any atom is 0.0982 e. The van der Waals surface area contributed by atoms with Crippen LogP contribution >= 0.6 is 11.3 Å². The average Bonchev–Trinajstić information content (AvgIpc) is 2.86. The van der Waals surface area contributed by atoms with Crippen molar-refractivity contribution in [2.45, 2.75) is 51.7 Å². The van der Waals surface area contributed by atoms with Crippen LogP contribution in [0.25, 0.3) is 0 Å². The lowest BCUT2D eigenvalue weighted by Gasteiger charge is -2.31. The highest BCUT2D eigenvalue weighted by Gasteiger charge is 2.22. The van der Waals surface area contributed by atoms with E-state index in [0.29, 0.717) is 12.7 Å². The number of aliphatic hydroxyl groups excluding tert-OH is 1. The third kappa shape index (κ3) is 4.52. The molecule has 0 amide bonds. The van der Waals surface area contributed by atoms with Crippen LogP contribution < -0.4 is 0 Å². The summed E-state index contributed by atoms with van der Waals surface area (Å²) >= 11 is 1.77. The molecule has 1 fully saturated rings. The molecular weight excluding hydrogens is 272 g/mol. The lowest BCUT2D eigenvalue weighted by atomic mass is 9.98. The molecule has 1 aromatic rings. The van der Waals surface area contributed by atoms with E-state index in [2.05, 4.69) is 31.1 Å². The van der Waals surface area contributed by atoms with E-state index in [4.69, 9.17) is 14.8 Å². The number of hydrogen-bond donors (Lipinski definition) is 1. The van der Waals surface area contributed by atoms with E-state index < -0.39 is 0 Å². The van der Waals surface area contributed by atoms with Gasteiger partial charge in [-0.1, -0.05) is 20.8 Å². The molecule has 4 nitrogen and oxygen atoms in total. The zero-order valence-electron chi connectivity index (χ0n) is 12.8. The minimum atomic E-state index is 0.120. The molecule has 2 rings (SSSR count). The Morgan fingerprint density at radius 2 is 2.10 bits per heavy atom. The Bertz CT molecular complexity index is 406. The van der Waals surface area contributed by atoms with Crippen LogP contribution in [-0.4, -0.2) is 47.4 Å². The van der Waals surface area contributed by atoms with Crippen molar-refractivity contribution < 1.29 is 9.84 Å². The number of piperidine rings is 1. The van der Waals surface area contributed by atoms with E-state index in [1.165, 1.54) is 10.7 Å². The van der Waals surface area contributed by atoms with Crippen molar-refractivity contribution in [1.29, 1.82) is 0 Å². The Labute approximate surface area is 125 Å². The number of aliphatic hydroxyl groups is 1. The molecule has 1 aliphatic rings. The molecule has 0 bridgehead atoms. The molecule has 1 aliphatic heterocycles. The first kappa shape index (κ1) is 15.9. The first-order chi connectivity index (χ1) is 9.49. The fourth-order valence-electron chi connectivity index (χ4n) is 2.41. The molecule has 0 atom stereocenters. The van der Waals surface area contributed by atoms with Gasteiger partial charge in [-0.05, 0) is 12.8 Å². The van der Waals surface area contributed by atoms with Gasteiger partial charge in [-0.25, -0.2) is 4.98 Å². The summed E-state index contributed by atoms with van der Waals surface area (Å²) in [6.07, 6.45) is 2.42. The van der Waals surface area contributed by atoms with Crippen molar-refractivity contribution in [3.8, 4) is 0 Å². The summed E-state index contributed by atoms with van der Waals surface area (Å²) in [4.78, 5) is 7.20. The summed E-state index contributed by atoms with van der Waals surface area (Å²) in [5.41, 5.74) is 1.34. The molecule has 0 aliphatic carbocycles. The number of ether oxygens (including phenoxy) is 1. The normalized spacial score (nSPS) is 18.6. The molecule has 0 saturated carbocycles. The van der Waals surface area contributed by atoms with Gasteiger partial charge < -0.3 is 9.84 Å². The largest absolute Gasteiger partial charge is 0.394 e. The van der Waals surface area contributed by atoms with Crippen molar-refractivity contribution in [2.24, 2.45) is 0 Å². The van der Waals surface area contributed by atoms with Gasteiger partial charge in [-0.2, -0.15) is 0 Å². The number of hydrogen-bond acceptors (Lipinski definition) is 5. The molecule has 2 heterocycles. The molecule has 0 spiro atoms. The first-order valence-corrected chi connectivity index (χ1v) is 8.26. The molecule has 1 aromatic heterocycles. The maximum atomic E-state index is 8.77. The minimum absolute atomic E-state index is 0.120. The Morgan fingerprint density at radius 3 is 2.65 bits per heavy atom. The standard InChI is InChI=1S/C15H26N2O2S/c1-15(2,3)14-16-12(11-20-14)10-17-6-4-13(5-7-17)19-9-8-18/h11,13,18H,4-10H2,1-3H3. The van der Waals surface area contributed by atoms with E-state index >= 15 is 0 Å². The van der Waals surface area contributed by atoms with E-state index in [-0.39, 0.29) is 12.0 Å². The molecule has 1 saturated heterocycles. The first-order valence-electron chi connectivity index (χ1n) is 7.39. The molecule has 5 heteroatoms. The molecule has 1 N–H and O–H groups in total. The lowest BCUT2D eigenvalue weighted by Crippen LogP contribution is -2.37. The Balaban J connectivity index is 1.79. The van der Waals surface area contributed by atoms with Crippen molar-refractivity contribution in [2.75, 3.05) is 26.3 Å². The van der Waals surface area contributed by atoms with Gasteiger partial charge in [0.25, 0.3) is 0 Å². The van der Waals surface area contributed by atoms with Crippen LogP contribution in [-0.2, 0) is 16.7 Å². The summed E-state index contributed by atoms with van der Waals surface area (Å²) in [5, 5.41) is 12.2. The van der Waals surface area contributed by atoms with Crippen molar-refractivity contribution in [3.05, 3.63) is 16.1 Å². The van der Waals surface area contributed by atoms with Gasteiger partial charge in [-0.3, -0.25) is 4.90 Å². The Kier molecular flexibility index (Phi) is 5.55. The maximum absolute atomic E-state index is 8.77. The van der Waals surface area contributed by atoms with Crippen molar-refractivity contribution >= 4 is 11.3 Å². The topological polar surface area (TPSA) is 45.6 Å². The van der Waals surface area contributed by atoms with Gasteiger partial charge in [-0.15, -0.1) is 11.3 Å². The second kappa shape index (κ2) is 6.98. The Hall–Kier alpha value is -0.490. The van der Waals surface area contributed by atoms with E-state index in [1.54, 1.807) is 11.3 Å². The predicted octanol–water partition coefficient (Wildman–Crippen LogP) is 2.41. The lowest BCUT2D eigenvalue weighted by molar-refractivity contribution is -0.00917. The molecule has 114 valence electrons. The van der Waals surface area contributed by atoms with E-state index in [9.17, 15) is 0 Å². The van der Waals surface area contributed by atoms with Gasteiger partial charge in [0, 0.05) is 30.4 Å². The van der Waals surface area contributed by atoms with E-state index in [0.717, 1.165) is 32.5 Å². The molecule has 20 heavy (non-hydrogen) atoms. The number of nitrogens with zero attached hydrogens (tertiary/aromatic N) is 2. The van der Waals surface area contributed by atoms with Gasteiger partial charge >= 0.3 is 0 Å². The van der Waals surface area contributed by atoms with Crippen molar-refractivity contribution in [1.82, 2.24) is 9.88 Å². The highest BCUT2D eigenvalue weighted by atomic mass is 32.1. The van der Waals surface area contributed by atoms with Crippen LogP contribution in [0, 0.1) is 0 Å². The van der Waals surface area contributed by atoms with Gasteiger partial charge in [0.1, 0.15) is 0 Å². The summed E-state index contributed by atoms with van der Waals surface area (Å²) in [7, 11) is 0. The van der Waals surface area contributed by atoms with Crippen LogP contribution in [0.5, 0.6) is 0 Å². The van der Waals surface area contributed by atoms with Crippen LogP contribution in [0.15, 0.2) is 5.38 Å². The number of thiazole rings is 1. The minimum Gasteiger partial charge on any atom is -0.394 e. The fraction of sp³-hybridized carbons (Fsp3) is 0.800.